The van der Waals surface area contributed by atoms with E-state index in [0.717, 1.165) is 32.1 Å². The van der Waals surface area contributed by atoms with E-state index in [4.69, 9.17) is 9.84 Å². The van der Waals surface area contributed by atoms with Crippen molar-refractivity contribution >= 4 is 11.9 Å². The number of likely N-dealkylation sites (N-methyl/N-ethyl adjacent to an activating group) is 1. The first-order chi connectivity index (χ1) is 14.2. The number of hydrogen-bond acceptors (Lipinski definition) is 3. The fourth-order valence-electron chi connectivity index (χ4n) is 3.02. The molecule has 5 nitrogen and oxygen atoms in total. The number of hydrogen-bond donors (Lipinski definition) is 1. The number of ether oxygens (including phenoxy) is 1. The van der Waals surface area contributed by atoms with Crippen molar-refractivity contribution in [2.75, 3.05) is 27.7 Å². The summed E-state index contributed by atoms with van der Waals surface area (Å²) in [4.78, 5) is 23.0. The summed E-state index contributed by atoms with van der Waals surface area (Å²) in [5.74, 6) is -1.24. The van der Waals surface area contributed by atoms with E-state index in [-0.39, 0.29) is 12.4 Å². The Hall–Kier alpha value is -1.88. The van der Waals surface area contributed by atoms with Gasteiger partial charge in [-0.25, -0.2) is 0 Å². The first-order valence-electron chi connectivity index (χ1n) is 11.4. The van der Waals surface area contributed by atoms with Crippen LogP contribution in [0.25, 0.3) is 0 Å². The van der Waals surface area contributed by atoms with Gasteiger partial charge in [-0.1, -0.05) is 56.2 Å². The number of carbonyl (C=O) groups excluding carboxylic acids is 1. The number of allylic oxidation sites excluding steroid dienone is 6. The van der Waals surface area contributed by atoms with Crippen LogP contribution in [0.1, 0.15) is 77.6 Å². The van der Waals surface area contributed by atoms with Gasteiger partial charge in [0, 0.05) is 6.42 Å². The molecule has 30 heavy (non-hydrogen) atoms. The van der Waals surface area contributed by atoms with E-state index in [0.29, 0.717) is 17.4 Å². The molecule has 172 valence electrons. The lowest BCUT2D eigenvalue weighted by Crippen LogP contribution is -2.43. The van der Waals surface area contributed by atoms with Crippen LogP contribution in [-0.4, -0.2) is 55.3 Å². The molecule has 0 radical (unpaired) electrons. The molecule has 0 aromatic heterocycles. The molecule has 0 amide bonds. The number of carboxylic acid groups (broad SMARTS) is 1. The summed E-state index contributed by atoms with van der Waals surface area (Å²) >= 11 is 0. The van der Waals surface area contributed by atoms with Crippen LogP contribution in [0.15, 0.2) is 36.5 Å². The third kappa shape index (κ3) is 20.8. The first kappa shape index (κ1) is 28.1. The SMILES string of the molecule is CCCCC/C=C\C/C=C\C/C=C\CCCCC(=O)O[C@H](CC(=O)O)C[N+](C)(C)C. The Morgan fingerprint density at radius 2 is 1.40 bits per heavy atom. The fraction of sp³-hybridized carbons (Fsp3) is 0.680. The van der Waals surface area contributed by atoms with E-state index in [9.17, 15) is 9.59 Å². The quantitative estimate of drug-likeness (QED) is 0.134. The van der Waals surface area contributed by atoms with Gasteiger partial charge in [-0.15, -0.1) is 0 Å². The second kappa shape index (κ2) is 17.9. The molecule has 0 rings (SSSR count). The minimum absolute atomic E-state index is 0.147. The van der Waals surface area contributed by atoms with E-state index >= 15 is 0 Å². The van der Waals surface area contributed by atoms with Crippen LogP contribution in [-0.2, 0) is 14.3 Å². The topological polar surface area (TPSA) is 63.6 Å². The van der Waals surface area contributed by atoms with Crippen molar-refractivity contribution in [2.24, 2.45) is 0 Å². The smallest absolute Gasteiger partial charge is 0.307 e. The van der Waals surface area contributed by atoms with Crippen LogP contribution in [0.5, 0.6) is 0 Å². The Morgan fingerprint density at radius 3 is 1.90 bits per heavy atom. The first-order valence-corrected chi connectivity index (χ1v) is 11.4. The van der Waals surface area contributed by atoms with Gasteiger partial charge < -0.3 is 14.3 Å². The lowest BCUT2D eigenvalue weighted by Gasteiger charge is -2.28. The zero-order valence-corrected chi connectivity index (χ0v) is 19.6. The molecule has 0 aromatic rings. The summed E-state index contributed by atoms with van der Waals surface area (Å²) < 4.78 is 5.94. The number of nitrogens with zero attached hydrogens (tertiary/aromatic N) is 1. The van der Waals surface area contributed by atoms with Gasteiger partial charge >= 0.3 is 11.9 Å². The number of carbonyl (C=O) groups is 2. The van der Waals surface area contributed by atoms with Gasteiger partial charge in [0.2, 0.25) is 0 Å². The molecule has 0 unspecified atom stereocenters. The molecular formula is C25H44NO4+. The fourth-order valence-corrected chi connectivity index (χ4v) is 3.02. The number of esters is 1. The van der Waals surface area contributed by atoms with Crippen LogP contribution < -0.4 is 0 Å². The van der Waals surface area contributed by atoms with Crippen molar-refractivity contribution in [3.63, 3.8) is 0 Å². The van der Waals surface area contributed by atoms with Gasteiger partial charge in [0.15, 0.2) is 6.10 Å². The molecule has 0 aromatic carbocycles. The summed E-state index contributed by atoms with van der Waals surface area (Å²) in [6.45, 7) is 2.71. The van der Waals surface area contributed by atoms with Crippen LogP contribution >= 0.6 is 0 Å². The van der Waals surface area contributed by atoms with E-state index in [1.54, 1.807) is 0 Å². The molecule has 1 atom stereocenters. The molecule has 5 heteroatoms. The summed E-state index contributed by atoms with van der Waals surface area (Å²) in [5, 5.41) is 9.00. The number of rotatable bonds is 18. The number of unbranched alkanes of at least 4 members (excludes halogenated alkanes) is 5. The number of quaternary nitrogens is 1. The molecular weight excluding hydrogens is 378 g/mol. The van der Waals surface area contributed by atoms with Gasteiger partial charge in [0.1, 0.15) is 6.54 Å². The Bertz CT molecular complexity index is 544. The van der Waals surface area contributed by atoms with Crippen molar-refractivity contribution in [3.05, 3.63) is 36.5 Å². The maximum Gasteiger partial charge on any atom is 0.307 e. The summed E-state index contributed by atoms with van der Waals surface area (Å²) in [6, 6.07) is 0. The lowest BCUT2D eigenvalue weighted by atomic mass is 10.1. The third-order valence-electron chi connectivity index (χ3n) is 4.47. The maximum absolute atomic E-state index is 12.0. The zero-order chi connectivity index (χ0) is 22.7. The third-order valence-corrected chi connectivity index (χ3v) is 4.47. The maximum atomic E-state index is 12.0. The van der Waals surface area contributed by atoms with Crippen LogP contribution in [0.3, 0.4) is 0 Å². The Balaban J connectivity index is 3.84. The molecule has 0 fully saturated rings. The van der Waals surface area contributed by atoms with E-state index in [2.05, 4.69) is 43.4 Å². The van der Waals surface area contributed by atoms with Crippen molar-refractivity contribution < 1.29 is 23.9 Å². The molecule has 0 saturated carbocycles. The molecule has 1 N–H and O–H groups in total. The lowest BCUT2D eigenvalue weighted by molar-refractivity contribution is -0.873. The van der Waals surface area contributed by atoms with Gasteiger partial charge in [-0.2, -0.15) is 0 Å². The highest BCUT2D eigenvalue weighted by Crippen LogP contribution is 2.09. The Morgan fingerprint density at radius 1 is 0.867 bits per heavy atom. The summed E-state index contributed by atoms with van der Waals surface area (Å²) in [6.07, 6.45) is 22.4. The predicted molar refractivity (Wildman–Crippen MR) is 124 cm³/mol. The molecule has 0 heterocycles. The zero-order valence-electron chi connectivity index (χ0n) is 19.6. The van der Waals surface area contributed by atoms with Gasteiger partial charge in [-0.05, 0) is 44.9 Å². The van der Waals surface area contributed by atoms with Crippen LogP contribution in [0.4, 0.5) is 0 Å². The van der Waals surface area contributed by atoms with Gasteiger partial charge in [0.25, 0.3) is 0 Å². The minimum Gasteiger partial charge on any atom is -0.481 e. The average Bonchev–Trinajstić information content (AvgIpc) is 2.63. The minimum atomic E-state index is -0.941. The highest BCUT2D eigenvalue weighted by atomic mass is 16.5. The van der Waals surface area contributed by atoms with E-state index < -0.39 is 12.1 Å². The van der Waals surface area contributed by atoms with Crippen LogP contribution in [0.2, 0.25) is 0 Å². The second-order valence-electron chi connectivity index (χ2n) is 8.81. The predicted octanol–water partition coefficient (Wildman–Crippen LogP) is 5.67. The highest BCUT2D eigenvalue weighted by Gasteiger charge is 2.24. The molecule has 0 aliphatic rings. The Kier molecular flexibility index (Phi) is 16.8. The molecule has 0 aliphatic carbocycles. The van der Waals surface area contributed by atoms with Crippen molar-refractivity contribution in [2.45, 2.75) is 83.7 Å². The monoisotopic (exact) mass is 422 g/mol. The van der Waals surface area contributed by atoms with E-state index in [1.807, 2.05) is 21.1 Å². The normalized spacial score (nSPS) is 13.5. The largest absolute Gasteiger partial charge is 0.481 e. The number of aliphatic carboxylic acids is 1. The van der Waals surface area contributed by atoms with E-state index in [1.165, 1.54) is 25.7 Å². The van der Waals surface area contributed by atoms with Crippen LogP contribution in [0, 0.1) is 0 Å². The molecule has 0 saturated heterocycles. The molecule has 0 spiro atoms. The van der Waals surface area contributed by atoms with Crippen molar-refractivity contribution in [3.8, 4) is 0 Å². The molecule has 0 aliphatic heterocycles. The number of carboxylic acids is 1. The summed E-state index contributed by atoms with van der Waals surface area (Å²) in [7, 11) is 5.86. The molecule has 0 bridgehead atoms. The van der Waals surface area contributed by atoms with Crippen molar-refractivity contribution in [1.29, 1.82) is 0 Å². The Labute approximate surface area is 184 Å². The average molecular weight is 423 g/mol. The standard InChI is InChI=1S/C25H43NO4/c1-5-6-7-8-9-10-11-12-13-14-15-16-17-18-19-20-25(29)30-23(21-24(27)28)22-26(2,3)4/h9-10,12-13,15-16,23H,5-8,11,14,17-22H2,1-4H3/p+1/b10-9-,13-12-,16-15-/t23-/m1/s1. The van der Waals surface area contributed by atoms with Gasteiger partial charge in [-0.3, -0.25) is 9.59 Å². The second-order valence-corrected chi connectivity index (χ2v) is 8.81. The summed E-state index contributed by atoms with van der Waals surface area (Å²) in [5.41, 5.74) is 0. The highest BCUT2D eigenvalue weighted by molar-refractivity contribution is 5.71. The van der Waals surface area contributed by atoms with Crippen molar-refractivity contribution in [1.82, 2.24) is 0 Å². The van der Waals surface area contributed by atoms with Gasteiger partial charge in [0.05, 0.1) is 27.6 Å².